The van der Waals surface area contributed by atoms with E-state index in [9.17, 15) is 15.0 Å². The molecule has 2 atom stereocenters. The van der Waals surface area contributed by atoms with Crippen molar-refractivity contribution in [3.63, 3.8) is 0 Å². The Balaban J connectivity index is 2.18. The van der Waals surface area contributed by atoms with Crippen molar-refractivity contribution in [1.29, 1.82) is 0 Å². The van der Waals surface area contributed by atoms with Crippen molar-refractivity contribution >= 4 is 11.6 Å². The number of nitrogen functional groups attached to an aromatic ring is 1. The van der Waals surface area contributed by atoms with Crippen LogP contribution < -0.4 is 5.73 Å². The lowest BCUT2D eigenvalue weighted by Gasteiger charge is -2.15. The maximum Gasteiger partial charge on any atom is 0.274 e. The number of carbonyl (C=O) groups excluding carboxylic acids is 1. The number of amides is 1. The Bertz CT molecular complexity index is 400. The Morgan fingerprint density at radius 2 is 2.06 bits per heavy atom. The number of carbonyl (C=O) groups is 1. The molecule has 1 aromatic heterocycles. The van der Waals surface area contributed by atoms with Crippen molar-refractivity contribution < 1.29 is 15.0 Å². The standard InChI is InChI=1S/C10H13N3O3/c11-6-2-1-3-12-9(6)10(16)13-4-7(14)8(15)5-13/h1-3,7-8,14-15H,4-5,11H2/t7-,8+. The number of aliphatic hydroxyl groups is 2. The second-order valence-corrected chi connectivity index (χ2v) is 3.79. The number of aromatic nitrogens is 1. The molecule has 6 heteroatoms. The van der Waals surface area contributed by atoms with Gasteiger partial charge in [0.2, 0.25) is 0 Å². The van der Waals surface area contributed by atoms with Crippen LogP contribution in [-0.4, -0.2) is 51.3 Å². The van der Waals surface area contributed by atoms with E-state index in [2.05, 4.69) is 4.98 Å². The number of hydrogen-bond donors (Lipinski definition) is 3. The largest absolute Gasteiger partial charge is 0.397 e. The molecular weight excluding hydrogens is 210 g/mol. The summed E-state index contributed by atoms with van der Waals surface area (Å²) in [7, 11) is 0. The molecule has 1 saturated heterocycles. The van der Waals surface area contributed by atoms with Crippen molar-refractivity contribution in [3.05, 3.63) is 24.0 Å². The van der Waals surface area contributed by atoms with E-state index in [0.717, 1.165) is 0 Å². The van der Waals surface area contributed by atoms with Crippen LogP contribution in [0.25, 0.3) is 0 Å². The molecule has 1 aliphatic heterocycles. The molecule has 6 nitrogen and oxygen atoms in total. The summed E-state index contributed by atoms with van der Waals surface area (Å²) >= 11 is 0. The predicted molar refractivity (Wildman–Crippen MR) is 56.6 cm³/mol. The number of aliphatic hydroxyl groups excluding tert-OH is 2. The van der Waals surface area contributed by atoms with Crippen LogP contribution in [0.4, 0.5) is 5.69 Å². The lowest BCUT2D eigenvalue weighted by atomic mass is 10.3. The van der Waals surface area contributed by atoms with Crippen LogP contribution in [0.1, 0.15) is 10.5 Å². The van der Waals surface area contributed by atoms with E-state index in [0.29, 0.717) is 5.69 Å². The van der Waals surface area contributed by atoms with Crippen LogP contribution in [0.2, 0.25) is 0 Å². The van der Waals surface area contributed by atoms with E-state index in [1.165, 1.54) is 11.1 Å². The maximum atomic E-state index is 11.9. The van der Waals surface area contributed by atoms with Crippen molar-refractivity contribution in [1.82, 2.24) is 9.88 Å². The molecule has 1 fully saturated rings. The molecule has 1 amide bonds. The molecular formula is C10H13N3O3. The summed E-state index contributed by atoms with van der Waals surface area (Å²) in [5.74, 6) is -0.367. The van der Waals surface area contributed by atoms with Gasteiger partial charge in [-0.2, -0.15) is 0 Å². The average molecular weight is 223 g/mol. The summed E-state index contributed by atoms with van der Waals surface area (Å²) < 4.78 is 0. The highest BCUT2D eigenvalue weighted by molar-refractivity contribution is 5.97. The number of likely N-dealkylation sites (tertiary alicyclic amines) is 1. The van der Waals surface area contributed by atoms with E-state index < -0.39 is 12.2 Å². The molecule has 16 heavy (non-hydrogen) atoms. The minimum absolute atomic E-state index is 0.107. The SMILES string of the molecule is Nc1cccnc1C(=O)N1C[C@@H](O)[C@@H](O)C1. The van der Waals surface area contributed by atoms with Gasteiger partial charge in [0.05, 0.1) is 17.9 Å². The first-order chi connectivity index (χ1) is 7.59. The van der Waals surface area contributed by atoms with E-state index in [1.807, 2.05) is 0 Å². The van der Waals surface area contributed by atoms with Gasteiger partial charge in [0, 0.05) is 19.3 Å². The Morgan fingerprint density at radius 3 is 2.62 bits per heavy atom. The highest BCUT2D eigenvalue weighted by Crippen LogP contribution is 2.16. The van der Waals surface area contributed by atoms with Crippen molar-refractivity contribution in [3.8, 4) is 0 Å². The third kappa shape index (κ3) is 1.84. The lowest BCUT2D eigenvalue weighted by molar-refractivity contribution is 0.0572. The number of hydrogen-bond acceptors (Lipinski definition) is 5. The van der Waals surface area contributed by atoms with Crippen molar-refractivity contribution in [2.24, 2.45) is 0 Å². The van der Waals surface area contributed by atoms with Crippen molar-refractivity contribution in [2.45, 2.75) is 12.2 Å². The summed E-state index contributed by atoms with van der Waals surface area (Å²) in [4.78, 5) is 17.2. The highest BCUT2D eigenvalue weighted by atomic mass is 16.3. The summed E-state index contributed by atoms with van der Waals surface area (Å²) in [5, 5.41) is 18.7. The molecule has 0 unspecified atom stereocenters. The molecule has 0 bridgehead atoms. The highest BCUT2D eigenvalue weighted by Gasteiger charge is 2.33. The fourth-order valence-electron chi connectivity index (χ4n) is 1.68. The van der Waals surface area contributed by atoms with Crippen LogP contribution in [0, 0.1) is 0 Å². The summed E-state index contributed by atoms with van der Waals surface area (Å²) in [6.07, 6.45) is -0.310. The fourth-order valence-corrected chi connectivity index (χ4v) is 1.68. The van der Waals surface area contributed by atoms with Crippen molar-refractivity contribution in [2.75, 3.05) is 18.8 Å². The van der Waals surface area contributed by atoms with Crippen LogP contribution in [0.15, 0.2) is 18.3 Å². The van der Waals surface area contributed by atoms with E-state index >= 15 is 0 Å². The number of anilines is 1. The molecule has 0 aliphatic carbocycles. The Kier molecular flexibility index (Phi) is 2.76. The smallest absolute Gasteiger partial charge is 0.274 e. The number of β-amino-alcohol motifs (C(OH)–C–C–N with tert-alkyl or cyclic N) is 2. The minimum atomic E-state index is -0.895. The van der Waals surface area contributed by atoms with Crippen LogP contribution in [0.5, 0.6) is 0 Å². The van der Waals surface area contributed by atoms with Gasteiger partial charge < -0.3 is 20.8 Å². The van der Waals surface area contributed by atoms with Gasteiger partial charge >= 0.3 is 0 Å². The number of rotatable bonds is 1. The molecule has 0 spiro atoms. The Morgan fingerprint density at radius 1 is 1.44 bits per heavy atom. The first-order valence-corrected chi connectivity index (χ1v) is 4.95. The zero-order valence-electron chi connectivity index (χ0n) is 8.58. The van der Waals surface area contributed by atoms with Gasteiger partial charge in [0.25, 0.3) is 5.91 Å². The Hall–Kier alpha value is -1.66. The first-order valence-electron chi connectivity index (χ1n) is 4.95. The zero-order valence-corrected chi connectivity index (χ0v) is 8.58. The van der Waals surface area contributed by atoms with E-state index in [-0.39, 0.29) is 24.7 Å². The second-order valence-electron chi connectivity index (χ2n) is 3.79. The topological polar surface area (TPSA) is 99.7 Å². The summed E-state index contributed by atoms with van der Waals surface area (Å²) in [6.45, 7) is 0.214. The maximum absolute atomic E-state index is 11.9. The van der Waals surface area contributed by atoms with Gasteiger partial charge in [-0.25, -0.2) is 4.98 Å². The Labute approximate surface area is 92.3 Å². The number of nitrogens with two attached hydrogens (primary N) is 1. The molecule has 0 aromatic carbocycles. The molecule has 1 aromatic rings. The lowest BCUT2D eigenvalue weighted by Crippen LogP contribution is -2.31. The minimum Gasteiger partial charge on any atom is -0.397 e. The third-order valence-corrected chi connectivity index (χ3v) is 2.59. The third-order valence-electron chi connectivity index (χ3n) is 2.59. The van der Waals surface area contributed by atoms with E-state index in [1.54, 1.807) is 12.1 Å². The summed E-state index contributed by atoms with van der Waals surface area (Å²) in [6, 6.07) is 3.23. The molecule has 4 N–H and O–H groups in total. The molecule has 1 aliphatic rings. The molecule has 86 valence electrons. The summed E-state index contributed by atoms with van der Waals surface area (Å²) in [5.41, 5.74) is 6.07. The van der Waals surface area contributed by atoms with Crippen LogP contribution >= 0.6 is 0 Å². The van der Waals surface area contributed by atoms with Gasteiger partial charge in [-0.05, 0) is 12.1 Å². The van der Waals surface area contributed by atoms with Gasteiger partial charge in [-0.15, -0.1) is 0 Å². The van der Waals surface area contributed by atoms with Gasteiger partial charge in [-0.1, -0.05) is 0 Å². The average Bonchev–Trinajstić information content (AvgIpc) is 2.59. The monoisotopic (exact) mass is 223 g/mol. The predicted octanol–water partition coefficient (Wildman–Crippen LogP) is -1.16. The molecule has 2 rings (SSSR count). The van der Waals surface area contributed by atoms with Gasteiger partial charge in [0.1, 0.15) is 0 Å². The van der Waals surface area contributed by atoms with Crippen LogP contribution in [0.3, 0.4) is 0 Å². The zero-order chi connectivity index (χ0) is 11.7. The molecule has 0 saturated carbocycles. The van der Waals surface area contributed by atoms with Gasteiger partial charge in [-0.3, -0.25) is 4.79 Å². The van der Waals surface area contributed by atoms with Crippen LogP contribution in [-0.2, 0) is 0 Å². The van der Waals surface area contributed by atoms with Gasteiger partial charge in [0.15, 0.2) is 5.69 Å². The van der Waals surface area contributed by atoms with E-state index in [4.69, 9.17) is 5.73 Å². The quantitative estimate of drug-likeness (QED) is 0.557. The molecule has 2 heterocycles. The molecule has 0 radical (unpaired) electrons. The second kappa shape index (κ2) is 4.07. The number of pyridine rings is 1. The fraction of sp³-hybridized carbons (Fsp3) is 0.400. The number of nitrogens with zero attached hydrogens (tertiary/aromatic N) is 2. The first kappa shape index (κ1) is 10.8. The normalized spacial score (nSPS) is 24.8.